The Balaban J connectivity index is 1.82. The van der Waals surface area contributed by atoms with Crippen LogP contribution in [0, 0.1) is 6.92 Å². The fraction of sp³-hybridized carbons (Fsp3) is 0.278. The first kappa shape index (κ1) is 16.5. The number of aryl methyl sites for hydroxylation is 1. The molecular formula is C18H18ClNO4. The number of halogens is 1. The van der Waals surface area contributed by atoms with E-state index >= 15 is 0 Å². The van der Waals surface area contributed by atoms with E-state index in [1.807, 2.05) is 32.0 Å². The summed E-state index contributed by atoms with van der Waals surface area (Å²) < 4.78 is 15.9. The smallest absolute Gasteiger partial charge is 0.251 e. The number of rotatable bonds is 4. The molecule has 3 rings (SSSR count). The summed E-state index contributed by atoms with van der Waals surface area (Å²) in [5.41, 5.74) is 2.43. The Bertz CT molecular complexity index is 791. The molecule has 1 aliphatic heterocycles. The Labute approximate surface area is 145 Å². The van der Waals surface area contributed by atoms with E-state index in [-0.39, 0.29) is 18.7 Å². The van der Waals surface area contributed by atoms with Crippen molar-refractivity contribution in [3.8, 4) is 17.2 Å². The molecule has 2 aromatic rings. The van der Waals surface area contributed by atoms with Crippen molar-refractivity contribution in [2.45, 2.75) is 19.9 Å². The second kappa shape index (κ2) is 6.61. The average molecular weight is 348 g/mol. The Morgan fingerprint density at radius 3 is 2.83 bits per heavy atom. The standard InChI is InChI=1S/C18H18ClNO4/c1-10-4-5-15(22-3)13(6-10)11(2)20-18(21)12-7-14(19)17-16(8-12)23-9-24-17/h4-8,11H,9H2,1-3H3,(H,20,21)/t11-/m0/s1. The van der Waals surface area contributed by atoms with Gasteiger partial charge < -0.3 is 19.5 Å². The molecule has 0 aromatic heterocycles. The van der Waals surface area contributed by atoms with Crippen LogP contribution in [0.2, 0.25) is 5.02 Å². The molecule has 1 N–H and O–H groups in total. The molecule has 0 fully saturated rings. The van der Waals surface area contributed by atoms with Crippen molar-refractivity contribution in [2.75, 3.05) is 13.9 Å². The Morgan fingerprint density at radius 2 is 2.08 bits per heavy atom. The van der Waals surface area contributed by atoms with Gasteiger partial charge in [-0.25, -0.2) is 0 Å². The van der Waals surface area contributed by atoms with Gasteiger partial charge in [0.1, 0.15) is 5.75 Å². The number of ether oxygens (including phenoxy) is 3. The lowest BCUT2D eigenvalue weighted by molar-refractivity contribution is 0.0939. The Morgan fingerprint density at radius 1 is 1.29 bits per heavy atom. The highest BCUT2D eigenvalue weighted by Crippen LogP contribution is 2.40. The van der Waals surface area contributed by atoms with Crippen molar-refractivity contribution in [1.29, 1.82) is 0 Å². The molecule has 126 valence electrons. The number of carbonyl (C=O) groups is 1. The van der Waals surface area contributed by atoms with Gasteiger partial charge in [-0.15, -0.1) is 0 Å². The molecule has 1 heterocycles. The molecule has 0 spiro atoms. The van der Waals surface area contributed by atoms with Gasteiger partial charge in [-0.1, -0.05) is 29.3 Å². The summed E-state index contributed by atoms with van der Waals surface area (Å²) in [7, 11) is 1.61. The van der Waals surface area contributed by atoms with E-state index in [0.717, 1.165) is 16.9 Å². The largest absolute Gasteiger partial charge is 0.496 e. The summed E-state index contributed by atoms with van der Waals surface area (Å²) in [6.45, 7) is 4.01. The maximum atomic E-state index is 12.6. The monoisotopic (exact) mass is 347 g/mol. The summed E-state index contributed by atoms with van der Waals surface area (Å²) >= 11 is 6.14. The second-order valence-corrected chi connectivity index (χ2v) is 6.04. The van der Waals surface area contributed by atoms with Crippen LogP contribution in [0.5, 0.6) is 17.2 Å². The molecule has 0 radical (unpaired) electrons. The zero-order valence-electron chi connectivity index (χ0n) is 13.7. The summed E-state index contributed by atoms with van der Waals surface area (Å²) in [6, 6.07) is 8.83. The molecule has 0 saturated carbocycles. The van der Waals surface area contributed by atoms with Crippen molar-refractivity contribution < 1.29 is 19.0 Å². The number of amides is 1. The highest BCUT2D eigenvalue weighted by molar-refractivity contribution is 6.32. The summed E-state index contributed by atoms with van der Waals surface area (Å²) in [4.78, 5) is 12.6. The highest BCUT2D eigenvalue weighted by atomic mass is 35.5. The van der Waals surface area contributed by atoms with Crippen LogP contribution in [-0.2, 0) is 0 Å². The summed E-state index contributed by atoms with van der Waals surface area (Å²) in [6.07, 6.45) is 0. The number of nitrogens with one attached hydrogen (secondary N) is 1. The summed E-state index contributed by atoms with van der Waals surface area (Å²) in [5, 5.41) is 3.32. The second-order valence-electron chi connectivity index (χ2n) is 5.63. The van der Waals surface area contributed by atoms with Gasteiger partial charge in [0.05, 0.1) is 18.2 Å². The first-order chi connectivity index (χ1) is 11.5. The van der Waals surface area contributed by atoms with Gasteiger partial charge in [0.2, 0.25) is 6.79 Å². The fourth-order valence-electron chi connectivity index (χ4n) is 2.65. The van der Waals surface area contributed by atoms with Gasteiger partial charge in [0.25, 0.3) is 5.91 Å². The molecular weight excluding hydrogens is 330 g/mol. The van der Waals surface area contributed by atoms with Crippen molar-refractivity contribution in [2.24, 2.45) is 0 Å². The first-order valence-corrected chi connectivity index (χ1v) is 7.92. The molecule has 1 atom stereocenters. The van der Waals surface area contributed by atoms with Crippen molar-refractivity contribution in [3.05, 3.63) is 52.0 Å². The number of benzene rings is 2. The minimum atomic E-state index is -0.244. The molecule has 1 aliphatic rings. The molecule has 6 heteroatoms. The van der Waals surface area contributed by atoms with Crippen LogP contribution >= 0.6 is 11.6 Å². The Hall–Kier alpha value is -2.40. The third-order valence-electron chi connectivity index (χ3n) is 3.89. The van der Waals surface area contributed by atoms with Crippen LogP contribution in [0.15, 0.2) is 30.3 Å². The molecule has 0 bridgehead atoms. The zero-order chi connectivity index (χ0) is 17.3. The van der Waals surface area contributed by atoms with Gasteiger partial charge in [-0.2, -0.15) is 0 Å². The van der Waals surface area contributed by atoms with E-state index in [9.17, 15) is 4.79 Å². The van der Waals surface area contributed by atoms with Crippen molar-refractivity contribution >= 4 is 17.5 Å². The lowest BCUT2D eigenvalue weighted by atomic mass is 10.0. The van der Waals surface area contributed by atoms with Crippen LogP contribution in [0.25, 0.3) is 0 Å². The van der Waals surface area contributed by atoms with Crippen molar-refractivity contribution in [1.82, 2.24) is 5.32 Å². The van der Waals surface area contributed by atoms with Crippen LogP contribution < -0.4 is 19.5 Å². The van der Waals surface area contributed by atoms with E-state index < -0.39 is 0 Å². The quantitative estimate of drug-likeness (QED) is 0.912. The molecule has 0 saturated heterocycles. The third kappa shape index (κ3) is 3.12. The van der Waals surface area contributed by atoms with E-state index in [1.54, 1.807) is 19.2 Å². The van der Waals surface area contributed by atoms with Gasteiger partial charge in [-0.05, 0) is 32.0 Å². The topological polar surface area (TPSA) is 56.8 Å². The number of hydrogen-bond donors (Lipinski definition) is 1. The van der Waals surface area contributed by atoms with Gasteiger partial charge in [-0.3, -0.25) is 4.79 Å². The summed E-state index contributed by atoms with van der Waals surface area (Å²) in [5.74, 6) is 1.44. The number of methoxy groups -OCH3 is 1. The molecule has 1 amide bonds. The minimum Gasteiger partial charge on any atom is -0.496 e. The lowest BCUT2D eigenvalue weighted by Crippen LogP contribution is -2.27. The number of fused-ring (bicyclic) bond motifs is 1. The number of carbonyl (C=O) groups excluding carboxylic acids is 1. The number of hydrogen-bond acceptors (Lipinski definition) is 4. The first-order valence-electron chi connectivity index (χ1n) is 7.54. The highest BCUT2D eigenvalue weighted by Gasteiger charge is 2.22. The minimum absolute atomic E-state index is 0.108. The maximum absolute atomic E-state index is 12.6. The predicted octanol–water partition coefficient (Wildman–Crippen LogP) is 3.88. The Kier molecular flexibility index (Phi) is 4.53. The van der Waals surface area contributed by atoms with E-state index in [0.29, 0.717) is 22.1 Å². The molecule has 5 nitrogen and oxygen atoms in total. The predicted molar refractivity (Wildman–Crippen MR) is 91.2 cm³/mol. The molecule has 2 aromatic carbocycles. The molecule has 0 aliphatic carbocycles. The fourth-order valence-corrected chi connectivity index (χ4v) is 2.91. The van der Waals surface area contributed by atoms with E-state index in [2.05, 4.69) is 5.32 Å². The van der Waals surface area contributed by atoms with E-state index in [4.69, 9.17) is 25.8 Å². The van der Waals surface area contributed by atoms with Crippen LogP contribution in [0.1, 0.15) is 34.5 Å². The maximum Gasteiger partial charge on any atom is 0.251 e. The van der Waals surface area contributed by atoms with Crippen molar-refractivity contribution in [3.63, 3.8) is 0 Å². The SMILES string of the molecule is COc1ccc(C)cc1[C@H](C)NC(=O)c1cc(Cl)c2c(c1)OCO2. The average Bonchev–Trinajstić information content (AvgIpc) is 3.03. The van der Waals surface area contributed by atoms with Crippen LogP contribution in [0.4, 0.5) is 0 Å². The molecule has 24 heavy (non-hydrogen) atoms. The van der Waals surface area contributed by atoms with E-state index in [1.165, 1.54) is 0 Å². The normalized spacial score (nSPS) is 13.5. The van der Waals surface area contributed by atoms with Crippen LogP contribution in [0.3, 0.4) is 0 Å². The van der Waals surface area contributed by atoms with Gasteiger partial charge >= 0.3 is 0 Å². The van der Waals surface area contributed by atoms with Gasteiger partial charge in [0.15, 0.2) is 11.5 Å². The van der Waals surface area contributed by atoms with Gasteiger partial charge in [0, 0.05) is 11.1 Å². The lowest BCUT2D eigenvalue weighted by Gasteiger charge is -2.18. The third-order valence-corrected chi connectivity index (χ3v) is 4.17. The molecule has 0 unspecified atom stereocenters. The van der Waals surface area contributed by atoms with Crippen LogP contribution in [-0.4, -0.2) is 19.8 Å². The zero-order valence-corrected chi connectivity index (χ0v) is 14.4.